The Morgan fingerprint density at radius 1 is 1.04 bits per heavy atom. The van der Waals surface area contributed by atoms with Crippen molar-refractivity contribution in [1.29, 1.82) is 0 Å². The molecule has 0 saturated carbocycles. The number of carbonyl (C=O) groups is 4. The van der Waals surface area contributed by atoms with Crippen molar-refractivity contribution < 1.29 is 28.3 Å². The smallest absolute Gasteiger partial charge is 0.307 e. The highest BCUT2D eigenvalue weighted by Crippen LogP contribution is 2.22. The second-order valence-corrected chi connectivity index (χ2v) is 5.57. The fourth-order valence-corrected chi connectivity index (χ4v) is 2.49. The van der Waals surface area contributed by atoms with E-state index in [4.69, 9.17) is 9.15 Å². The molecular weight excluding hydrogens is 340 g/mol. The Morgan fingerprint density at radius 3 is 2.35 bits per heavy atom. The third-order valence-electron chi connectivity index (χ3n) is 3.82. The van der Waals surface area contributed by atoms with Crippen molar-refractivity contribution in [2.75, 3.05) is 13.3 Å². The molecule has 8 nitrogen and oxygen atoms in total. The normalized spacial score (nSPS) is 12.8. The lowest BCUT2D eigenvalue weighted by molar-refractivity contribution is -0.146. The monoisotopic (exact) mass is 356 g/mol. The standard InChI is InChI=1S/C18H16N2O6/c21-15(8-3-9-19-16(22)14-7-4-10-25-14)26-11-20-17(23)12-5-1-2-6-13(12)18(20)24/h1-2,4-7,10H,3,8-9,11H2,(H,19,22). The minimum Gasteiger partial charge on any atom is -0.459 e. The van der Waals surface area contributed by atoms with E-state index < -0.39 is 24.5 Å². The van der Waals surface area contributed by atoms with Gasteiger partial charge in [0.2, 0.25) is 0 Å². The lowest BCUT2D eigenvalue weighted by Crippen LogP contribution is -2.33. The Morgan fingerprint density at radius 2 is 1.73 bits per heavy atom. The van der Waals surface area contributed by atoms with E-state index in [-0.39, 0.29) is 24.6 Å². The van der Waals surface area contributed by atoms with Crippen LogP contribution in [-0.4, -0.2) is 41.9 Å². The molecule has 0 atom stereocenters. The van der Waals surface area contributed by atoms with E-state index in [0.29, 0.717) is 17.5 Å². The number of hydrogen-bond acceptors (Lipinski definition) is 6. The summed E-state index contributed by atoms with van der Waals surface area (Å²) in [5.74, 6) is -1.70. The van der Waals surface area contributed by atoms with Crippen molar-refractivity contribution >= 4 is 23.7 Å². The molecule has 0 radical (unpaired) electrons. The topological polar surface area (TPSA) is 106 Å². The highest BCUT2D eigenvalue weighted by molar-refractivity contribution is 6.21. The summed E-state index contributed by atoms with van der Waals surface area (Å²) in [7, 11) is 0. The lowest BCUT2D eigenvalue weighted by atomic mass is 10.1. The predicted molar refractivity (Wildman–Crippen MR) is 88.2 cm³/mol. The maximum absolute atomic E-state index is 12.1. The number of furan rings is 1. The second kappa shape index (κ2) is 7.64. The van der Waals surface area contributed by atoms with Crippen LogP contribution in [0, 0.1) is 0 Å². The van der Waals surface area contributed by atoms with Gasteiger partial charge in [-0.05, 0) is 30.7 Å². The molecule has 134 valence electrons. The van der Waals surface area contributed by atoms with Crippen LogP contribution < -0.4 is 5.32 Å². The predicted octanol–water partition coefficient (Wildman–Crippen LogP) is 1.59. The summed E-state index contributed by atoms with van der Waals surface area (Å²) in [6, 6.07) is 9.57. The molecule has 0 aliphatic carbocycles. The van der Waals surface area contributed by atoms with Crippen molar-refractivity contribution in [1.82, 2.24) is 10.2 Å². The molecule has 3 rings (SSSR count). The first-order chi connectivity index (χ1) is 12.6. The Labute approximate surface area is 148 Å². The van der Waals surface area contributed by atoms with E-state index in [1.54, 1.807) is 30.3 Å². The number of rotatable bonds is 7. The number of fused-ring (bicyclic) bond motifs is 1. The van der Waals surface area contributed by atoms with E-state index in [2.05, 4.69) is 5.32 Å². The fraction of sp³-hybridized carbons (Fsp3) is 0.222. The number of hydrogen-bond donors (Lipinski definition) is 1. The molecule has 0 saturated heterocycles. The number of imide groups is 1. The zero-order chi connectivity index (χ0) is 18.5. The summed E-state index contributed by atoms with van der Waals surface area (Å²) >= 11 is 0. The number of esters is 1. The summed E-state index contributed by atoms with van der Waals surface area (Å²) in [6.07, 6.45) is 1.79. The molecule has 1 aliphatic heterocycles. The largest absolute Gasteiger partial charge is 0.459 e. The zero-order valence-electron chi connectivity index (χ0n) is 13.8. The van der Waals surface area contributed by atoms with Gasteiger partial charge in [0, 0.05) is 13.0 Å². The molecule has 1 aliphatic rings. The third-order valence-corrected chi connectivity index (χ3v) is 3.82. The van der Waals surface area contributed by atoms with Gasteiger partial charge < -0.3 is 14.5 Å². The molecule has 8 heteroatoms. The van der Waals surface area contributed by atoms with Crippen LogP contribution in [0.25, 0.3) is 0 Å². The maximum atomic E-state index is 12.1. The van der Waals surface area contributed by atoms with Crippen LogP contribution in [0.2, 0.25) is 0 Å². The first-order valence-electron chi connectivity index (χ1n) is 8.00. The van der Waals surface area contributed by atoms with Crippen LogP contribution in [0.4, 0.5) is 0 Å². The average Bonchev–Trinajstić information content (AvgIpc) is 3.26. The summed E-state index contributed by atoms with van der Waals surface area (Å²) in [4.78, 5) is 48.5. The van der Waals surface area contributed by atoms with E-state index in [9.17, 15) is 19.2 Å². The molecule has 0 fully saturated rings. The van der Waals surface area contributed by atoms with Crippen LogP contribution in [-0.2, 0) is 9.53 Å². The number of amides is 3. The number of nitrogens with one attached hydrogen (secondary N) is 1. The van der Waals surface area contributed by atoms with Crippen LogP contribution in [0.1, 0.15) is 44.1 Å². The zero-order valence-corrected chi connectivity index (χ0v) is 13.8. The summed E-state index contributed by atoms with van der Waals surface area (Å²) in [6.45, 7) is -0.161. The summed E-state index contributed by atoms with van der Waals surface area (Å²) in [5, 5.41) is 2.60. The van der Waals surface area contributed by atoms with Gasteiger partial charge in [0.05, 0.1) is 17.4 Å². The molecule has 0 spiro atoms. The summed E-state index contributed by atoms with van der Waals surface area (Å²) < 4.78 is 9.93. The minimum atomic E-state index is -0.561. The van der Waals surface area contributed by atoms with E-state index in [1.807, 2.05) is 0 Å². The first-order valence-corrected chi connectivity index (χ1v) is 8.00. The molecule has 0 unspecified atom stereocenters. The Balaban J connectivity index is 1.39. The molecule has 1 aromatic carbocycles. The van der Waals surface area contributed by atoms with Gasteiger partial charge in [-0.25, -0.2) is 4.90 Å². The van der Waals surface area contributed by atoms with Gasteiger partial charge in [0.15, 0.2) is 12.5 Å². The van der Waals surface area contributed by atoms with Crippen molar-refractivity contribution in [2.24, 2.45) is 0 Å². The molecule has 0 bridgehead atoms. The number of nitrogens with zero attached hydrogens (tertiary/aromatic N) is 1. The van der Waals surface area contributed by atoms with Gasteiger partial charge in [0.25, 0.3) is 17.7 Å². The highest BCUT2D eigenvalue weighted by atomic mass is 16.5. The second-order valence-electron chi connectivity index (χ2n) is 5.57. The Bertz CT molecular complexity index is 808. The average molecular weight is 356 g/mol. The molecule has 2 heterocycles. The van der Waals surface area contributed by atoms with Crippen LogP contribution in [0.3, 0.4) is 0 Å². The molecule has 1 aromatic heterocycles. The maximum Gasteiger partial charge on any atom is 0.307 e. The Hall–Kier alpha value is -3.42. The van der Waals surface area contributed by atoms with Crippen molar-refractivity contribution in [3.05, 3.63) is 59.5 Å². The van der Waals surface area contributed by atoms with Crippen molar-refractivity contribution in [3.8, 4) is 0 Å². The summed E-state index contributed by atoms with van der Waals surface area (Å²) in [5.41, 5.74) is 0.600. The Kier molecular flexibility index (Phi) is 5.12. The molecular formula is C18H16N2O6. The highest BCUT2D eigenvalue weighted by Gasteiger charge is 2.35. The van der Waals surface area contributed by atoms with E-state index in [0.717, 1.165) is 4.90 Å². The number of carbonyl (C=O) groups excluding carboxylic acids is 4. The lowest BCUT2D eigenvalue weighted by Gasteiger charge is -2.13. The van der Waals surface area contributed by atoms with Crippen LogP contribution >= 0.6 is 0 Å². The molecule has 26 heavy (non-hydrogen) atoms. The first kappa shape index (κ1) is 17.4. The van der Waals surface area contributed by atoms with Crippen molar-refractivity contribution in [3.63, 3.8) is 0 Å². The van der Waals surface area contributed by atoms with Gasteiger partial charge in [-0.15, -0.1) is 0 Å². The quantitative estimate of drug-likeness (QED) is 0.459. The minimum absolute atomic E-state index is 0.0433. The fourth-order valence-electron chi connectivity index (χ4n) is 2.49. The van der Waals surface area contributed by atoms with Gasteiger partial charge in [-0.3, -0.25) is 19.2 Å². The van der Waals surface area contributed by atoms with Gasteiger partial charge in [-0.1, -0.05) is 12.1 Å². The molecule has 1 N–H and O–H groups in total. The van der Waals surface area contributed by atoms with Gasteiger partial charge in [0.1, 0.15) is 0 Å². The van der Waals surface area contributed by atoms with E-state index >= 15 is 0 Å². The van der Waals surface area contributed by atoms with Gasteiger partial charge in [-0.2, -0.15) is 0 Å². The van der Waals surface area contributed by atoms with Crippen LogP contribution in [0.5, 0.6) is 0 Å². The van der Waals surface area contributed by atoms with Crippen molar-refractivity contribution in [2.45, 2.75) is 12.8 Å². The van der Waals surface area contributed by atoms with Crippen LogP contribution in [0.15, 0.2) is 47.1 Å². The van der Waals surface area contributed by atoms with E-state index in [1.165, 1.54) is 12.3 Å². The number of ether oxygens (including phenoxy) is 1. The van der Waals surface area contributed by atoms with Gasteiger partial charge >= 0.3 is 5.97 Å². The molecule has 3 amide bonds. The third kappa shape index (κ3) is 3.64. The number of benzene rings is 1. The SMILES string of the molecule is O=C(CCCNC(=O)c1ccco1)OCN1C(=O)c2ccccc2C1=O. The molecule has 2 aromatic rings.